The fraction of sp³-hybridized carbons (Fsp3) is 0.250. The van der Waals surface area contributed by atoms with Crippen molar-refractivity contribution >= 4 is 27.1 Å². The fourth-order valence-electron chi connectivity index (χ4n) is 2.39. The van der Waals surface area contributed by atoms with E-state index in [1.54, 1.807) is 14.0 Å². The van der Waals surface area contributed by atoms with Crippen molar-refractivity contribution < 1.29 is 17.9 Å². The first-order chi connectivity index (χ1) is 11.4. The summed E-state index contributed by atoms with van der Waals surface area (Å²) in [5.74, 6) is 0.304. The van der Waals surface area contributed by atoms with Crippen LogP contribution in [0.3, 0.4) is 0 Å². The van der Waals surface area contributed by atoms with E-state index in [-0.39, 0.29) is 11.7 Å². The number of hydrogen-bond donors (Lipinski definition) is 1. The predicted octanol–water partition coefficient (Wildman–Crippen LogP) is 2.17. The predicted molar refractivity (Wildman–Crippen MR) is 93.0 cm³/mol. The zero-order valence-corrected chi connectivity index (χ0v) is 14.8. The van der Waals surface area contributed by atoms with Crippen molar-refractivity contribution in [3.05, 3.63) is 46.3 Å². The Kier molecular flexibility index (Phi) is 4.42. The summed E-state index contributed by atoms with van der Waals surface area (Å²) in [6.07, 6.45) is 1.49. The average molecular weight is 364 g/mol. The molecule has 8 heteroatoms. The first-order valence-corrected chi connectivity index (χ1v) is 9.75. The van der Waals surface area contributed by atoms with Crippen LogP contribution in [0, 0.1) is 6.92 Å². The van der Waals surface area contributed by atoms with Gasteiger partial charge in [0.05, 0.1) is 24.6 Å². The molecule has 0 bridgehead atoms. The van der Waals surface area contributed by atoms with Crippen molar-refractivity contribution in [3.63, 3.8) is 0 Å². The fourth-order valence-corrected chi connectivity index (χ4v) is 4.59. The van der Waals surface area contributed by atoms with Gasteiger partial charge in [-0.25, -0.2) is 13.4 Å². The van der Waals surface area contributed by atoms with Crippen molar-refractivity contribution in [1.29, 1.82) is 0 Å². The molecule has 0 saturated carbocycles. The van der Waals surface area contributed by atoms with Gasteiger partial charge in [0.25, 0.3) is 5.91 Å². The summed E-state index contributed by atoms with van der Waals surface area (Å²) in [5, 5.41) is 4.57. The van der Waals surface area contributed by atoms with Gasteiger partial charge in [-0.3, -0.25) is 4.79 Å². The molecule has 0 fully saturated rings. The van der Waals surface area contributed by atoms with Crippen LogP contribution in [-0.4, -0.2) is 38.2 Å². The minimum atomic E-state index is -3.20. The maximum atomic E-state index is 12.4. The lowest BCUT2D eigenvalue weighted by Gasteiger charge is -2.08. The first-order valence-electron chi connectivity index (χ1n) is 7.21. The van der Waals surface area contributed by atoms with Crippen LogP contribution in [0.1, 0.15) is 15.4 Å². The summed E-state index contributed by atoms with van der Waals surface area (Å²) in [6.45, 7) is 1.76. The van der Waals surface area contributed by atoms with Crippen molar-refractivity contribution in [2.45, 2.75) is 13.0 Å². The van der Waals surface area contributed by atoms with E-state index in [4.69, 9.17) is 4.74 Å². The molecule has 3 rings (SSSR count). The number of carbonyl (C=O) groups excluding carboxylic acids is 1. The Labute approximate surface area is 144 Å². The van der Waals surface area contributed by atoms with Crippen LogP contribution in [-0.2, 0) is 9.84 Å². The molecule has 6 nitrogen and oxygen atoms in total. The number of rotatable bonds is 4. The first kappa shape index (κ1) is 16.7. The third-order valence-electron chi connectivity index (χ3n) is 3.57. The summed E-state index contributed by atoms with van der Waals surface area (Å²) in [4.78, 5) is 17.3. The highest BCUT2D eigenvalue weighted by Gasteiger charge is 2.25. The normalized spacial score (nSPS) is 18.5. The number of thiazole rings is 1. The van der Waals surface area contributed by atoms with Gasteiger partial charge in [0.2, 0.25) is 0 Å². The number of nitrogens with one attached hydrogen (secondary N) is 1. The number of nitrogens with zero attached hydrogens (tertiary/aromatic N) is 1. The van der Waals surface area contributed by atoms with Crippen molar-refractivity contribution in [1.82, 2.24) is 10.3 Å². The zero-order valence-electron chi connectivity index (χ0n) is 13.1. The maximum absolute atomic E-state index is 12.4. The Morgan fingerprint density at radius 2 is 2.21 bits per heavy atom. The molecule has 2 heterocycles. The Hall–Kier alpha value is -2.19. The molecule has 0 aliphatic carbocycles. The molecule has 2 aromatic rings. The van der Waals surface area contributed by atoms with Crippen molar-refractivity contribution in [2.24, 2.45) is 0 Å². The van der Waals surface area contributed by atoms with Crippen LogP contribution in [0.2, 0.25) is 0 Å². The largest absolute Gasteiger partial charge is 0.497 e. The van der Waals surface area contributed by atoms with Gasteiger partial charge in [-0.05, 0) is 25.1 Å². The number of hydrogen-bond acceptors (Lipinski definition) is 6. The summed E-state index contributed by atoms with van der Waals surface area (Å²) in [6, 6.07) is 6.95. The molecule has 1 amide bonds. The zero-order chi connectivity index (χ0) is 17.3. The van der Waals surface area contributed by atoms with Gasteiger partial charge < -0.3 is 10.1 Å². The topological polar surface area (TPSA) is 85.4 Å². The Morgan fingerprint density at radius 3 is 2.88 bits per heavy atom. The van der Waals surface area contributed by atoms with E-state index in [1.165, 1.54) is 17.4 Å². The SMILES string of the molecule is COc1cccc(-c2nc(C)c(C(=O)N[C@H]3C=CS(=O)(=O)C3)s2)c1. The second-order valence-corrected chi connectivity index (χ2v) is 8.33. The number of carbonyl (C=O) groups is 1. The standard InChI is InChI=1S/C16H16N2O4S2/c1-10-14(15(19)18-12-6-7-24(20,21)9-12)23-16(17-10)11-4-3-5-13(8-11)22-2/h3-8,12H,9H2,1-2H3,(H,18,19)/t12-/m0/s1. The van der Waals surface area contributed by atoms with Crippen LogP contribution < -0.4 is 10.1 Å². The number of sulfone groups is 1. The van der Waals surface area contributed by atoms with Gasteiger partial charge >= 0.3 is 0 Å². The second-order valence-electron chi connectivity index (χ2n) is 5.40. The molecule has 0 radical (unpaired) electrons. The van der Waals surface area contributed by atoms with Gasteiger partial charge in [-0.2, -0.15) is 0 Å². The Balaban J connectivity index is 1.81. The van der Waals surface area contributed by atoms with Gasteiger partial charge in [0.15, 0.2) is 9.84 Å². The number of ether oxygens (including phenoxy) is 1. The smallest absolute Gasteiger partial charge is 0.263 e. The molecule has 126 valence electrons. The summed E-state index contributed by atoms with van der Waals surface area (Å²) in [7, 11) is -1.61. The van der Waals surface area contributed by atoms with E-state index >= 15 is 0 Å². The van der Waals surface area contributed by atoms with Crippen LogP contribution in [0.4, 0.5) is 0 Å². The van der Waals surface area contributed by atoms with Crippen LogP contribution in [0.15, 0.2) is 35.7 Å². The Morgan fingerprint density at radius 1 is 1.42 bits per heavy atom. The molecule has 1 N–H and O–H groups in total. The molecule has 1 aliphatic heterocycles. The lowest BCUT2D eigenvalue weighted by atomic mass is 10.2. The molecule has 1 aromatic heterocycles. The molecule has 24 heavy (non-hydrogen) atoms. The highest BCUT2D eigenvalue weighted by molar-refractivity contribution is 7.94. The van der Waals surface area contributed by atoms with E-state index in [9.17, 15) is 13.2 Å². The highest BCUT2D eigenvalue weighted by atomic mass is 32.2. The molecule has 0 saturated heterocycles. The monoisotopic (exact) mass is 364 g/mol. The molecule has 0 spiro atoms. The molecule has 0 unspecified atom stereocenters. The van der Waals surface area contributed by atoms with Gasteiger partial charge in [0.1, 0.15) is 15.6 Å². The molecular formula is C16H16N2O4S2. The van der Waals surface area contributed by atoms with Crippen molar-refractivity contribution in [3.8, 4) is 16.3 Å². The minimum Gasteiger partial charge on any atom is -0.497 e. The average Bonchev–Trinajstić information content (AvgIpc) is 3.09. The van der Waals surface area contributed by atoms with Crippen LogP contribution >= 0.6 is 11.3 Å². The van der Waals surface area contributed by atoms with Crippen LogP contribution in [0.5, 0.6) is 5.75 Å². The third kappa shape index (κ3) is 3.49. The highest BCUT2D eigenvalue weighted by Crippen LogP contribution is 2.30. The van der Waals surface area contributed by atoms with Gasteiger partial charge in [0, 0.05) is 11.0 Å². The van der Waals surface area contributed by atoms with E-state index in [0.29, 0.717) is 21.3 Å². The van der Waals surface area contributed by atoms with E-state index in [2.05, 4.69) is 10.3 Å². The quantitative estimate of drug-likeness (QED) is 0.899. The Bertz CT molecular complexity index is 916. The van der Waals surface area contributed by atoms with E-state index in [0.717, 1.165) is 11.0 Å². The number of aromatic nitrogens is 1. The minimum absolute atomic E-state index is 0.0979. The summed E-state index contributed by atoms with van der Waals surface area (Å²) in [5.41, 5.74) is 1.48. The number of amides is 1. The molecule has 1 atom stereocenters. The lowest BCUT2D eigenvalue weighted by molar-refractivity contribution is 0.0951. The summed E-state index contributed by atoms with van der Waals surface area (Å²) < 4.78 is 28.0. The second kappa shape index (κ2) is 6.37. The van der Waals surface area contributed by atoms with Gasteiger partial charge in [-0.15, -0.1) is 11.3 Å². The molecular weight excluding hydrogens is 348 g/mol. The van der Waals surface area contributed by atoms with Crippen LogP contribution in [0.25, 0.3) is 10.6 Å². The number of aryl methyl sites for hydroxylation is 1. The third-order valence-corrected chi connectivity index (χ3v) is 6.17. The number of methoxy groups -OCH3 is 1. The molecule has 1 aromatic carbocycles. The van der Waals surface area contributed by atoms with E-state index < -0.39 is 15.9 Å². The maximum Gasteiger partial charge on any atom is 0.263 e. The lowest BCUT2D eigenvalue weighted by Crippen LogP contribution is -2.35. The number of benzene rings is 1. The van der Waals surface area contributed by atoms with Crippen molar-refractivity contribution in [2.75, 3.05) is 12.9 Å². The molecule has 1 aliphatic rings. The van der Waals surface area contributed by atoms with E-state index in [1.807, 2.05) is 24.3 Å². The summed E-state index contributed by atoms with van der Waals surface area (Å²) >= 11 is 1.27. The van der Waals surface area contributed by atoms with Gasteiger partial charge in [-0.1, -0.05) is 12.1 Å².